The predicted octanol–water partition coefficient (Wildman–Crippen LogP) is 1.75. The van der Waals surface area contributed by atoms with Crippen LogP contribution in [-0.2, 0) is 0 Å². The molecular formula is C12H18N2O2. The van der Waals surface area contributed by atoms with Crippen LogP contribution in [0, 0.1) is 5.92 Å². The highest BCUT2D eigenvalue weighted by molar-refractivity contribution is 5.14. The van der Waals surface area contributed by atoms with Crippen LogP contribution in [0.5, 0.6) is 6.01 Å². The second-order valence-corrected chi connectivity index (χ2v) is 4.40. The molecule has 1 N–H and O–H groups in total. The molecule has 1 heterocycles. The molecule has 0 atom stereocenters. The quantitative estimate of drug-likeness (QED) is 0.846. The fourth-order valence-corrected chi connectivity index (χ4v) is 2.32. The zero-order valence-electron chi connectivity index (χ0n) is 9.59. The molecule has 1 aliphatic carbocycles. The third-order valence-corrected chi connectivity index (χ3v) is 3.41. The lowest BCUT2D eigenvalue weighted by Gasteiger charge is -2.27. The zero-order chi connectivity index (χ0) is 11.4. The molecule has 4 heteroatoms. The summed E-state index contributed by atoms with van der Waals surface area (Å²) >= 11 is 0. The van der Waals surface area contributed by atoms with Crippen LogP contribution in [0.4, 0.5) is 0 Å². The van der Waals surface area contributed by atoms with Crippen LogP contribution in [0.25, 0.3) is 0 Å². The first kappa shape index (κ1) is 11.3. The molecule has 0 spiro atoms. The van der Waals surface area contributed by atoms with E-state index in [0.29, 0.717) is 24.5 Å². The van der Waals surface area contributed by atoms with Gasteiger partial charge < -0.3 is 9.84 Å². The smallest absolute Gasteiger partial charge is 0.316 e. The molecule has 88 valence electrons. The lowest BCUT2D eigenvalue weighted by atomic mass is 9.80. The van der Waals surface area contributed by atoms with Crippen LogP contribution in [0.15, 0.2) is 12.4 Å². The Labute approximate surface area is 95.7 Å². The van der Waals surface area contributed by atoms with Crippen LogP contribution < -0.4 is 4.74 Å². The molecule has 0 aliphatic heterocycles. The van der Waals surface area contributed by atoms with E-state index in [1.165, 1.54) is 5.56 Å². The highest BCUT2D eigenvalue weighted by Gasteiger charge is 2.22. The van der Waals surface area contributed by atoms with Crippen LogP contribution in [0.3, 0.4) is 0 Å². The van der Waals surface area contributed by atoms with Crippen LogP contribution in [0.1, 0.15) is 37.2 Å². The SMILES string of the molecule is COc1ncc(C2CCC(CO)CC2)cn1. The highest BCUT2D eigenvalue weighted by Crippen LogP contribution is 2.35. The van der Waals surface area contributed by atoms with Gasteiger partial charge in [-0.2, -0.15) is 0 Å². The van der Waals surface area contributed by atoms with Crippen molar-refractivity contribution >= 4 is 0 Å². The van der Waals surface area contributed by atoms with Crippen LogP contribution in [-0.4, -0.2) is 28.8 Å². The van der Waals surface area contributed by atoms with Crippen molar-refractivity contribution in [3.8, 4) is 6.01 Å². The summed E-state index contributed by atoms with van der Waals surface area (Å²) < 4.78 is 4.94. The maximum absolute atomic E-state index is 9.07. The van der Waals surface area contributed by atoms with Crippen molar-refractivity contribution < 1.29 is 9.84 Å². The van der Waals surface area contributed by atoms with Crippen molar-refractivity contribution in [2.24, 2.45) is 5.92 Å². The number of aromatic nitrogens is 2. The first-order valence-corrected chi connectivity index (χ1v) is 5.80. The van der Waals surface area contributed by atoms with E-state index in [4.69, 9.17) is 9.84 Å². The Morgan fingerprint density at radius 1 is 1.25 bits per heavy atom. The van der Waals surface area contributed by atoms with Gasteiger partial charge in [-0.15, -0.1) is 0 Å². The number of methoxy groups -OCH3 is 1. The summed E-state index contributed by atoms with van der Waals surface area (Å²) in [5.41, 5.74) is 1.19. The number of ether oxygens (including phenoxy) is 1. The third-order valence-electron chi connectivity index (χ3n) is 3.41. The van der Waals surface area contributed by atoms with E-state index in [0.717, 1.165) is 25.7 Å². The Hall–Kier alpha value is -1.16. The molecule has 0 amide bonds. The minimum atomic E-state index is 0.325. The molecular weight excluding hydrogens is 204 g/mol. The van der Waals surface area contributed by atoms with Crippen molar-refractivity contribution in [3.05, 3.63) is 18.0 Å². The van der Waals surface area contributed by atoms with Gasteiger partial charge in [-0.3, -0.25) is 0 Å². The second-order valence-electron chi connectivity index (χ2n) is 4.40. The molecule has 1 aromatic rings. The highest BCUT2D eigenvalue weighted by atomic mass is 16.5. The molecule has 4 nitrogen and oxygen atoms in total. The molecule has 0 radical (unpaired) electrons. The van der Waals surface area contributed by atoms with Gasteiger partial charge in [-0.25, -0.2) is 9.97 Å². The van der Waals surface area contributed by atoms with Gasteiger partial charge in [-0.1, -0.05) is 0 Å². The average molecular weight is 222 g/mol. The lowest BCUT2D eigenvalue weighted by Crippen LogP contribution is -2.16. The van der Waals surface area contributed by atoms with Crippen molar-refractivity contribution in [2.75, 3.05) is 13.7 Å². The summed E-state index contributed by atoms with van der Waals surface area (Å²) in [7, 11) is 1.57. The van der Waals surface area contributed by atoms with Gasteiger partial charge in [0.15, 0.2) is 0 Å². The monoisotopic (exact) mass is 222 g/mol. The summed E-state index contributed by atoms with van der Waals surface area (Å²) in [6.07, 6.45) is 8.17. The minimum absolute atomic E-state index is 0.325. The Morgan fingerprint density at radius 3 is 2.38 bits per heavy atom. The van der Waals surface area contributed by atoms with Gasteiger partial charge in [0.05, 0.1) is 7.11 Å². The second kappa shape index (κ2) is 5.25. The summed E-state index contributed by atoms with van der Waals surface area (Å²) in [6, 6.07) is 0.424. The van der Waals surface area contributed by atoms with Crippen LogP contribution >= 0.6 is 0 Å². The average Bonchev–Trinajstić information content (AvgIpc) is 2.39. The maximum atomic E-state index is 9.07. The first-order chi connectivity index (χ1) is 7.83. The molecule has 16 heavy (non-hydrogen) atoms. The van der Waals surface area contributed by atoms with E-state index < -0.39 is 0 Å². The number of hydrogen-bond acceptors (Lipinski definition) is 4. The fraction of sp³-hybridized carbons (Fsp3) is 0.667. The Bertz CT molecular complexity index is 318. The Morgan fingerprint density at radius 2 is 1.88 bits per heavy atom. The van der Waals surface area contributed by atoms with E-state index in [9.17, 15) is 0 Å². The standard InChI is InChI=1S/C12H18N2O2/c1-16-12-13-6-11(7-14-12)10-4-2-9(8-15)3-5-10/h6-7,9-10,15H,2-5,8H2,1H3. The summed E-state index contributed by atoms with van der Waals surface area (Å²) in [6.45, 7) is 0.325. The summed E-state index contributed by atoms with van der Waals surface area (Å²) in [5.74, 6) is 1.05. The first-order valence-electron chi connectivity index (χ1n) is 5.80. The van der Waals surface area contributed by atoms with E-state index in [1.54, 1.807) is 7.11 Å². The van der Waals surface area contributed by atoms with Gasteiger partial charge in [0.2, 0.25) is 0 Å². The Balaban J connectivity index is 1.97. The fourth-order valence-electron chi connectivity index (χ4n) is 2.32. The number of hydrogen-bond donors (Lipinski definition) is 1. The van der Waals surface area contributed by atoms with Crippen LogP contribution in [0.2, 0.25) is 0 Å². The molecule has 2 rings (SSSR count). The number of rotatable bonds is 3. The Kier molecular flexibility index (Phi) is 3.72. The number of nitrogens with zero attached hydrogens (tertiary/aromatic N) is 2. The minimum Gasteiger partial charge on any atom is -0.467 e. The van der Waals surface area contributed by atoms with E-state index in [2.05, 4.69) is 9.97 Å². The molecule has 1 aromatic heterocycles. The number of aliphatic hydroxyl groups excluding tert-OH is 1. The maximum Gasteiger partial charge on any atom is 0.316 e. The molecule has 1 fully saturated rings. The molecule has 0 bridgehead atoms. The van der Waals surface area contributed by atoms with Gasteiger partial charge in [0.25, 0.3) is 0 Å². The molecule has 1 saturated carbocycles. The largest absolute Gasteiger partial charge is 0.467 e. The van der Waals surface area contributed by atoms with Crippen molar-refractivity contribution in [1.29, 1.82) is 0 Å². The van der Waals surface area contributed by atoms with E-state index in [1.807, 2.05) is 12.4 Å². The molecule has 0 saturated heterocycles. The third kappa shape index (κ3) is 2.50. The lowest BCUT2D eigenvalue weighted by molar-refractivity contribution is 0.182. The number of aliphatic hydroxyl groups is 1. The van der Waals surface area contributed by atoms with E-state index in [-0.39, 0.29) is 0 Å². The van der Waals surface area contributed by atoms with Gasteiger partial charge in [0, 0.05) is 19.0 Å². The van der Waals surface area contributed by atoms with E-state index >= 15 is 0 Å². The normalized spacial score (nSPS) is 25.4. The van der Waals surface area contributed by atoms with Crippen molar-refractivity contribution in [2.45, 2.75) is 31.6 Å². The van der Waals surface area contributed by atoms with Gasteiger partial charge >= 0.3 is 6.01 Å². The van der Waals surface area contributed by atoms with Gasteiger partial charge in [0.1, 0.15) is 0 Å². The summed E-state index contributed by atoms with van der Waals surface area (Å²) in [5, 5.41) is 9.07. The molecule has 0 unspecified atom stereocenters. The zero-order valence-corrected chi connectivity index (χ0v) is 9.59. The predicted molar refractivity (Wildman–Crippen MR) is 60.4 cm³/mol. The van der Waals surface area contributed by atoms with Crippen molar-refractivity contribution in [3.63, 3.8) is 0 Å². The summed E-state index contributed by atoms with van der Waals surface area (Å²) in [4.78, 5) is 8.26. The topological polar surface area (TPSA) is 55.2 Å². The van der Waals surface area contributed by atoms with Gasteiger partial charge in [-0.05, 0) is 43.1 Å². The molecule has 0 aromatic carbocycles. The van der Waals surface area contributed by atoms with Crippen molar-refractivity contribution in [1.82, 2.24) is 9.97 Å². The molecule has 1 aliphatic rings.